The van der Waals surface area contributed by atoms with Crippen molar-refractivity contribution in [1.82, 2.24) is 14.9 Å². The lowest BCUT2D eigenvalue weighted by molar-refractivity contribution is -0.0400. The second kappa shape index (κ2) is 7.95. The maximum atomic E-state index is 13.2. The zero-order valence-corrected chi connectivity index (χ0v) is 14.9. The number of halogens is 2. The number of likely N-dealkylation sites (tertiary alicyclic amines) is 1. The van der Waals surface area contributed by atoms with Gasteiger partial charge in [-0.15, -0.1) is 0 Å². The second-order valence-electron chi connectivity index (χ2n) is 6.88. The van der Waals surface area contributed by atoms with Crippen LogP contribution in [0.1, 0.15) is 51.4 Å². The first-order valence-corrected chi connectivity index (χ1v) is 10.4. The monoisotopic (exact) mass is 367 g/mol. The molecule has 0 aromatic heterocycles. The van der Waals surface area contributed by atoms with Gasteiger partial charge in [0.1, 0.15) is 0 Å². The van der Waals surface area contributed by atoms with Crippen LogP contribution in [0.15, 0.2) is 0 Å². The number of hydrogen-bond acceptors (Lipinski definition) is 3. The normalized spacial score (nSPS) is 25.5. The van der Waals surface area contributed by atoms with Crippen molar-refractivity contribution in [3.63, 3.8) is 0 Å². The number of carbonyl (C=O) groups is 1. The molecule has 1 saturated heterocycles. The van der Waals surface area contributed by atoms with Crippen molar-refractivity contribution in [2.45, 2.75) is 69.4 Å². The number of piperidine rings is 1. The SMILES string of the molecule is CS(=O)(=O)NCCC1CCCCN1C(=O)NC1CCC(F)(F)CC1. The average molecular weight is 367 g/mol. The van der Waals surface area contributed by atoms with Gasteiger partial charge in [-0.1, -0.05) is 0 Å². The molecule has 140 valence electrons. The second-order valence-corrected chi connectivity index (χ2v) is 8.71. The summed E-state index contributed by atoms with van der Waals surface area (Å²) in [6.07, 6.45) is 4.65. The first-order valence-electron chi connectivity index (χ1n) is 8.56. The van der Waals surface area contributed by atoms with Gasteiger partial charge >= 0.3 is 6.03 Å². The molecular formula is C15H27F2N3O3S. The molecule has 1 unspecified atom stereocenters. The van der Waals surface area contributed by atoms with Crippen LogP contribution in [-0.4, -0.2) is 56.7 Å². The first-order chi connectivity index (χ1) is 11.2. The highest BCUT2D eigenvalue weighted by atomic mass is 32.2. The topological polar surface area (TPSA) is 78.5 Å². The van der Waals surface area contributed by atoms with Gasteiger partial charge in [0.15, 0.2) is 0 Å². The summed E-state index contributed by atoms with van der Waals surface area (Å²) in [5, 5.41) is 2.88. The number of nitrogens with zero attached hydrogens (tertiary/aromatic N) is 1. The maximum Gasteiger partial charge on any atom is 0.317 e. The number of urea groups is 1. The van der Waals surface area contributed by atoms with E-state index < -0.39 is 15.9 Å². The largest absolute Gasteiger partial charge is 0.335 e. The Morgan fingerprint density at radius 2 is 1.88 bits per heavy atom. The van der Waals surface area contributed by atoms with Gasteiger partial charge in [-0.3, -0.25) is 0 Å². The smallest absolute Gasteiger partial charge is 0.317 e. The van der Waals surface area contributed by atoms with Crippen LogP contribution in [0.5, 0.6) is 0 Å². The molecule has 1 heterocycles. The van der Waals surface area contributed by atoms with Crippen LogP contribution in [0.2, 0.25) is 0 Å². The minimum atomic E-state index is -3.24. The number of alkyl halides is 2. The van der Waals surface area contributed by atoms with Gasteiger partial charge in [-0.05, 0) is 38.5 Å². The summed E-state index contributed by atoms with van der Waals surface area (Å²) >= 11 is 0. The highest BCUT2D eigenvalue weighted by molar-refractivity contribution is 7.88. The molecular weight excluding hydrogens is 340 g/mol. The van der Waals surface area contributed by atoms with Crippen molar-refractivity contribution < 1.29 is 22.0 Å². The third-order valence-corrected chi connectivity index (χ3v) is 5.50. The Kier molecular flexibility index (Phi) is 6.41. The predicted octanol–water partition coefficient (Wildman–Crippen LogP) is 2.07. The van der Waals surface area contributed by atoms with E-state index in [9.17, 15) is 22.0 Å². The molecule has 6 nitrogen and oxygen atoms in total. The van der Waals surface area contributed by atoms with E-state index >= 15 is 0 Å². The Hall–Kier alpha value is -0.960. The Morgan fingerprint density at radius 1 is 1.21 bits per heavy atom. The van der Waals surface area contributed by atoms with Gasteiger partial charge in [0.25, 0.3) is 0 Å². The molecule has 2 N–H and O–H groups in total. The van der Waals surface area contributed by atoms with Gasteiger partial charge in [-0.25, -0.2) is 26.7 Å². The lowest BCUT2D eigenvalue weighted by Gasteiger charge is -2.38. The lowest BCUT2D eigenvalue weighted by atomic mass is 9.92. The molecule has 0 spiro atoms. The average Bonchev–Trinajstić information content (AvgIpc) is 2.48. The highest BCUT2D eigenvalue weighted by Gasteiger charge is 2.36. The van der Waals surface area contributed by atoms with Gasteiger partial charge in [-0.2, -0.15) is 0 Å². The van der Waals surface area contributed by atoms with E-state index in [0.29, 0.717) is 32.4 Å². The number of hydrogen-bond donors (Lipinski definition) is 2. The van der Waals surface area contributed by atoms with Crippen LogP contribution in [0.3, 0.4) is 0 Å². The van der Waals surface area contributed by atoms with Crippen molar-refractivity contribution in [1.29, 1.82) is 0 Å². The van der Waals surface area contributed by atoms with Crippen LogP contribution < -0.4 is 10.0 Å². The van der Waals surface area contributed by atoms with Gasteiger partial charge in [0, 0.05) is 38.0 Å². The zero-order chi connectivity index (χ0) is 17.8. The molecule has 2 fully saturated rings. The van der Waals surface area contributed by atoms with E-state index in [1.807, 2.05) is 0 Å². The van der Waals surface area contributed by atoms with Crippen LogP contribution >= 0.6 is 0 Å². The summed E-state index contributed by atoms with van der Waals surface area (Å²) in [6.45, 7) is 0.918. The maximum absolute atomic E-state index is 13.2. The molecule has 24 heavy (non-hydrogen) atoms. The summed E-state index contributed by atoms with van der Waals surface area (Å²) in [5.74, 6) is -2.60. The van der Waals surface area contributed by atoms with Crippen molar-refractivity contribution in [2.24, 2.45) is 0 Å². The quantitative estimate of drug-likeness (QED) is 0.781. The van der Waals surface area contributed by atoms with Crippen LogP contribution in [0.4, 0.5) is 13.6 Å². The number of carbonyl (C=O) groups excluding carboxylic acids is 1. The third kappa shape index (κ3) is 6.16. The molecule has 2 rings (SSSR count). The fourth-order valence-electron chi connectivity index (χ4n) is 3.42. The fourth-order valence-corrected chi connectivity index (χ4v) is 3.91. The summed E-state index contributed by atoms with van der Waals surface area (Å²) < 4.78 is 51.1. The van der Waals surface area contributed by atoms with Crippen molar-refractivity contribution >= 4 is 16.1 Å². The Labute approximate surface area is 142 Å². The van der Waals surface area contributed by atoms with Gasteiger partial charge in [0.05, 0.1) is 6.26 Å². The lowest BCUT2D eigenvalue weighted by Crippen LogP contribution is -2.52. The Balaban J connectivity index is 1.84. The number of amides is 2. The summed E-state index contributed by atoms with van der Waals surface area (Å²) in [7, 11) is -3.24. The molecule has 0 radical (unpaired) electrons. The number of rotatable bonds is 5. The Bertz CT molecular complexity index is 532. The van der Waals surface area contributed by atoms with E-state index in [0.717, 1.165) is 25.5 Å². The van der Waals surface area contributed by atoms with Crippen LogP contribution in [0.25, 0.3) is 0 Å². The first kappa shape index (κ1) is 19.4. The van der Waals surface area contributed by atoms with E-state index in [-0.39, 0.29) is 31.0 Å². The molecule has 1 atom stereocenters. The van der Waals surface area contributed by atoms with Crippen molar-refractivity contribution in [3.8, 4) is 0 Å². The minimum Gasteiger partial charge on any atom is -0.335 e. The van der Waals surface area contributed by atoms with E-state index in [1.165, 1.54) is 0 Å². The molecule has 2 aliphatic rings. The van der Waals surface area contributed by atoms with Crippen LogP contribution in [0, 0.1) is 0 Å². The third-order valence-electron chi connectivity index (χ3n) is 4.77. The molecule has 9 heteroatoms. The minimum absolute atomic E-state index is 0.0157. The van der Waals surface area contributed by atoms with Gasteiger partial charge in [0.2, 0.25) is 15.9 Å². The molecule has 2 amide bonds. The number of sulfonamides is 1. The molecule has 1 aliphatic heterocycles. The fraction of sp³-hybridized carbons (Fsp3) is 0.933. The Morgan fingerprint density at radius 3 is 2.50 bits per heavy atom. The number of nitrogens with one attached hydrogen (secondary N) is 2. The van der Waals surface area contributed by atoms with E-state index in [2.05, 4.69) is 10.0 Å². The van der Waals surface area contributed by atoms with Gasteiger partial charge < -0.3 is 10.2 Å². The molecule has 0 bridgehead atoms. The standard InChI is InChI=1S/C15H27F2N3O3S/c1-24(22,23)18-10-7-13-4-2-3-11-20(13)14(21)19-12-5-8-15(16,17)9-6-12/h12-13,18H,2-11H2,1H3,(H,19,21). The van der Waals surface area contributed by atoms with E-state index in [4.69, 9.17) is 0 Å². The zero-order valence-electron chi connectivity index (χ0n) is 14.1. The summed E-state index contributed by atoms with van der Waals surface area (Å²) in [4.78, 5) is 14.2. The molecule has 1 aliphatic carbocycles. The summed E-state index contributed by atoms with van der Waals surface area (Å²) in [6, 6.07) is -0.429. The summed E-state index contributed by atoms with van der Waals surface area (Å²) in [5.41, 5.74) is 0. The van der Waals surface area contributed by atoms with Crippen molar-refractivity contribution in [2.75, 3.05) is 19.3 Å². The highest BCUT2D eigenvalue weighted by Crippen LogP contribution is 2.33. The van der Waals surface area contributed by atoms with E-state index in [1.54, 1.807) is 4.90 Å². The molecule has 0 aromatic rings. The van der Waals surface area contributed by atoms with Crippen LogP contribution in [-0.2, 0) is 10.0 Å². The van der Waals surface area contributed by atoms with Crippen molar-refractivity contribution in [3.05, 3.63) is 0 Å². The molecule has 1 saturated carbocycles. The predicted molar refractivity (Wildman–Crippen MR) is 87.5 cm³/mol. The molecule has 0 aromatic carbocycles.